The third kappa shape index (κ3) is 4.00. The fourth-order valence-corrected chi connectivity index (χ4v) is 7.54. The molecule has 2 aliphatic rings. The van der Waals surface area contributed by atoms with Gasteiger partial charge in [-0.2, -0.15) is 5.10 Å². The number of piperazine rings is 1. The molecule has 0 radical (unpaired) electrons. The van der Waals surface area contributed by atoms with E-state index in [1.807, 2.05) is 46.8 Å². The molecule has 1 amide bonds. The second-order valence-electron chi connectivity index (χ2n) is 8.19. The summed E-state index contributed by atoms with van der Waals surface area (Å²) in [6.45, 7) is 4.60. The van der Waals surface area contributed by atoms with E-state index in [0.29, 0.717) is 42.5 Å². The van der Waals surface area contributed by atoms with Gasteiger partial charge < -0.3 is 4.90 Å². The van der Waals surface area contributed by atoms with Crippen molar-refractivity contribution in [2.75, 3.05) is 37.7 Å². The van der Waals surface area contributed by atoms with Crippen LogP contribution in [0, 0.1) is 6.92 Å². The van der Waals surface area contributed by atoms with Gasteiger partial charge in [-0.05, 0) is 37.6 Å². The van der Waals surface area contributed by atoms with Crippen molar-refractivity contribution in [1.82, 2.24) is 19.6 Å². The van der Waals surface area contributed by atoms with Gasteiger partial charge in [-0.1, -0.05) is 17.7 Å². The lowest BCUT2D eigenvalue weighted by molar-refractivity contribution is 0.0592. The molecule has 0 bridgehead atoms. The lowest BCUT2D eigenvalue weighted by Crippen LogP contribution is -2.52. The number of hydrogen-bond donors (Lipinski definition) is 0. The summed E-state index contributed by atoms with van der Waals surface area (Å²) < 4.78 is 25.4. The van der Waals surface area contributed by atoms with Gasteiger partial charge in [-0.25, -0.2) is 13.1 Å². The Kier molecular flexibility index (Phi) is 5.32. The molecule has 2 aliphatic heterocycles. The van der Waals surface area contributed by atoms with Gasteiger partial charge in [-0.3, -0.25) is 9.69 Å². The minimum atomic E-state index is -2.90. The van der Waals surface area contributed by atoms with Gasteiger partial charge in [0, 0.05) is 42.6 Å². The Morgan fingerprint density at radius 3 is 2.65 bits per heavy atom. The fourth-order valence-electron chi connectivity index (χ4n) is 4.44. The lowest BCUT2D eigenvalue weighted by Gasteiger charge is -2.37. The van der Waals surface area contributed by atoms with Crippen LogP contribution in [0.25, 0.3) is 15.9 Å². The smallest absolute Gasteiger partial charge is 0.264 e. The predicted octanol–water partition coefficient (Wildman–Crippen LogP) is 2.99. The van der Waals surface area contributed by atoms with Crippen LogP contribution < -0.4 is 0 Å². The first kappa shape index (κ1) is 20.9. The van der Waals surface area contributed by atoms with Crippen LogP contribution in [0.4, 0.5) is 0 Å². The summed E-state index contributed by atoms with van der Waals surface area (Å²) >= 11 is 7.59. The molecule has 0 aliphatic carbocycles. The summed E-state index contributed by atoms with van der Waals surface area (Å²) in [5, 5.41) is 6.24. The van der Waals surface area contributed by atoms with Crippen molar-refractivity contribution >= 4 is 48.9 Å². The first-order valence-corrected chi connectivity index (χ1v) is 13.3. The van der Waals surface area contributed by atoms with Gasteiger partial charge in [0.2, 0.25) is 0 Å². The SMILES string of the molecule is Cc1nn(-c2cccc(Cl)c2)c2sc(C(=O)N3CCN([C@H]4CCS(=O)(=O)C4)CC3)cc12. The molecule has 5 rings (SSSR count). The van der Waals surface area contributed by atoms with E-state index in [4.69, 9.17) is 11.6 Å². The number of carbonyl (C=O) groups excluding carboxylic acids is 1. The Labute approximate surface area is 190 Å². The Morgan fingerprint density at radius 2 is 1.97 bits per heavy atom. The van der Waals surface area contributed by atoms with E-state index in [-0.39, 0.29) is 23.5 Å². The third-order valence-electron chi connectivity index (χ3n) is 6.13. The van der Waals surface area contributed by atoms with E-state index < -0.39 is 9.84 Å². The molecule has 10 heteroatoms. The van der Waals surface area contributed by atoms with E-state index in [1.165, 1.54) is 11.3 Å². The molecule has 2 fully saturated rings. The van der Waals surface area contributed by atoms with Crippen molar-refractivity contribution in [3.05, 3.63) is 45.9 Å². The van der Waals surface area contributed by atoms with Crippen LogP contribution in [0.15, 0.2) is 30.3 Å². The van der Waals surface area contributed by atoms with E-state index >= 15 is 0 Å². The molecule has 0 N–H and O–H groups in total. The number of halogens is 1. The Hall–Kier alpha value is -1.94. The van der Waals surface area contributed by atoms with E-state index in [2.05, 4.69) is 10.00 Å². The number of nitrogens with zero attached hydrogens (tertiary/aromatic N) is 4. The quantitative estimate of drug-likeness (QED) is 0.578. The van der Waals surface area contributed by atoms with Crippen LogP contribution in [-0.2, 0) is 9.84 Å². The number of hydrogen-bond acceptors (Lipinski definition) is 6. The van der Waals surface area contributed by atoms with Gasteiger partial charge >= 0.3 is 0 Å². The van der Waals surface area contributed by atoms with Crippen molar-refractivity contribution in [2.45, 2.75) is 19.4 Å². The number of carbonyl (C=O) groups is 1. The summed E-state index contributed by atoms with van der Waals surface area (Å²) in [6.07, 6.45) is 0.700. The van der Waals surface area contributed by atoms with Crippen molar-refractivity contribution in [3.8, 4) is 5.69 Å². The third-order valence-corrected chi connectivity index (χ3v) is 9.22. The minimum Gasteiger partial charge on any atom is -0.335 e. The summed E-state index contributed by atoms with van der Waals surface area (Å²) in [6, 6.07) is 9.54. The lowest BCUT2D eigenvalue weighted by atomic mass is 10.2. The van der Waals surface area contributed by atoms with Crippen LogP contribution in [0.5, 0.6) is 0 Å². The molecule has 3 aromatic rings. The van der Waals surface area contributed by atoms with Crippen LogP contribution >= 0.6 is 22.9 Å². The first-order valence-electron chi connectivity index (χ1n) is 10.3. The number of fused-ring (bicyclic) bond motifs is 1. The molecule has 1 atom stereocenters. The number of rotatable bonds is 3. The van der Waals surface area contributed by atoms with Gasteiger partial charge in [0.25, 0.3) is 5.91 Å². The maximum Gasteiger partial charge on any atom is 0.264 e. The average molecular weight is 479 g/mol. The minimum absolute atomic E-state index is 0.0249. The van der Waals surface area contributed by atoms with Gasteiger partial charge in [0.15, 0.2) is 9.84 Å². The maximum atomic E-state index is 13.2. The number of thiophene rings is 1. The number of aromatic nitrogens is 2. The molecule has 2 saturated heterocycles. The van der Waals surface area contributed by atoms with E-state index in [1.54, 1.807) is 0 Å². The van der Waals surface area contributed by atoms with Gasteiger partial charge in [-0.15, -0.1) is 11.3 Å². The van der Waals surface area contributed by atoms with Crippen molar-refractivity contribution in [1.29, 1.82) is 0 Å². The largest absolute Gasteiger partial charge is 0.335 e. The predicted molar refractivity (Wildman–Crippen MR) is 123 cm³/mol. The van der Waals surface area contributed by atoms with Crippen molar-refractivity contribution in [3.63, 3.8) is 0 Å². The highest BCUT2D eigenvalue weighted by molar-refractivity contribution is 7.91. The molecule has 0 saturated carbocycles. The monoisotopic (exact) mass is 478 g/mol. The molecule has 164 valence electrons. The number of aryl methyl sites for hydroxylation is 1. The maximum absolute atomic E-state index is 13.2. The molecule has 0 spiro atoms. The molecular formula is C21H23ClN4O3S2. The summed E-state index contributed by atoms with van der Waals surface area (Å²) in [5.41, 5.74) is 1.74. The van der Waals surface area contributed by atoms with Crippen LogP contribution in [0.2, 0.25) is 5.02 Å². The summed E-state index contributed by atoms with van der Waals surface area (Å²) in [4.78, 5) is 18.9. The number of sulfone groups is 1. The van der Waals surface area contributed by atoms with Crippen LogP contribution in [0.1, 0.15) is 21.8 Å². The zero-order valence-corrected chi connectivity index (χ0v) is 19.5. The average Bonchev–Trinajstić information content (AvgIpc) is 3.42. The Morgan fingerprint density at radius 1 is 1.19 bits per heavy atom. The zero-order chi connectivity index (χ0) is 21.8. The number of benzene rings is 1. The molecule has 7 nitrogen and oxygen atoms in total. The molecule has 4 heterocycles. The fraction of sp³-hybridized carbons (Fsp3) is 0.429. The highest BCUT2D eigenvalue weighted by atomic mass is 35.5. The highest BCUT2D eigenvalue weighted by Gasteiger charge is 2.34. The topological polar surface area (TPSA) is 75.5 Å². The summed E-state index contributed by atoms with van der Waals surface area (Å²) in [7, 11) is -2.90. The van der Waals surface area contributed by atoms with Gasteiger partial charge in [0.1, 0.15) is 4.83 Å². The normalized spacial score (nSPS) is 21.7. The first-order chi connectivity index (χ1) is 14.8. The molecule has 2 aromatic heterocycles. The van der Waals surface area contributed by atoms with Gasteiger partial charge in [0.05, 0.1) is 27.8 Å². The van der Waals surface area contributed by atoms with Crippen LogP contribution in [-0.4, -0.2) is 77.6 Å². The van der Waals surface area contributed by atoms with Crippen molar-refractivity contribution < 1.29 is 13.2 Å². The molecule has 31 heavy (non-hydrogen) atoms. The Bertz CT molecular complexity index is 1260. The van der Waals surface area contributed by atoms with E-state index in [9.17, 15) is 13.2 Å². The second-order valence-corrected chi connectivity index (χ2v) is 11.9. The highest BCUT2D eigenvalue weighted by Crippen LogP contribution is 2.32. The molecule has 1 aromatic carbocycles. The molecule has 0 unspecified atom stereocenters. The zero-order valence-electron chi connectivity index (χ0n) is 17.1. The number of amides is 1. The molecular weight excluding hydrogens is 456 g/mol. The standard InChI is InChI=1S/C21H23ClN4O3S2/c1-14-18-12-19(30-21(18)26(23-14)16-4-2-3-15(22)11-16)20(27)25-8-6-24(7-9-25)17-5-10-31(28,29)13-17/h2-4,11-12,17H,5-10,13H2,1H3/t17-/m0/s1. The second kappa shape index (κ2) is 7.88. The Balaban J connectivity index is 1.33. The summed E-state index contributed by atoms with van der Waals surface area (Å²) in [5.74, 6) is 0.551. The van der Waals surface area contributed by atoms with E-state index in [0.717, 1.165) is 21.6 Å². The van der Waals surface area contributed by atoms with Crippen LogP contribution in [0.3, 0.4) is 0 Å². The van der Waals surface area contributed by atoms with Crippen molar-refractivity contribution in [2.24, 2.45) is 0 Å².